The number of aromatic nitrogens is 3. The molecule has 92 valence electrons. The fourth-order valence-electron chi connectivity index (χ4n) is 0.410. The lowest BCUT2D eigenvalue weighted by molar-refractivity contribution is -0.667. The number of nitrogens with one attached hydrogen (secondary N) is 3. The van der Waals surface area contributed by atoms with Crippen molar-refractivity contribution in [1.82, 2.24) is 5.10 Å². The van der Waals surface area contributed by atoms with E-state index >= 15 is 0 Å². The molecule has 1 aromatic heterocycles. The molecule has 0 saturated carbocycles. The van der Waals surface area contributed by atoms with Crippen molar-refractivity contribution < 1.29 is 19.9 Å². The molecule has 14 nitrogen and oxygen atoms in total. The van der Waals surface area contributed by atoms with Crippen molar-refractivity contribution in [3.8, 4) is 0 Å². The van der Waals surface area contributed by atoms with Crippen molar-refractivity contribution in [3.05, 3.63) is 37.0 Å². The van der Waals surface area contributed by atoms with E-state index in [2.05, 4.69) is 15.6 Å². The van der Waals surface area contributed by atoms with Crippen molar-refractivity contribution in [2.75, 3.05) is 11.3 Å². The Hall–Kier alpha value is -2.90. The Bertz CT molecular complexity index is 302. The summed E-state index contributed by atoms with van der Waals surface area (Å²) in [5.74, 6) is 10.8. The first-order valence-electron chi connectivity index (χ1n) is 3.16. The standard InChI is InChI=1S/C2H6N6.2NO3/c3-6-2-7-5-1-8(2)4;2*2-1(3)4/h1H,3-4H2,(H,6,7);;/q;2*-1/p+2. The number of hydrazine groups is 1. The molecule has 0 atom stereocenters. The van der Waals surface area contributed by atoms with Gasteiger partial charge in [-0.15, -0.1) is 0 Å². The molecule has 0 fully saturated rings. The Morgan fingerprint density at radius 2 is 1.69 bits per heavy atom. The molecule has 14 heteroatoms. The molecule has 0 spiro atoms. The van der Waals surface area contributed by atoms with Crippen LogP contribution in [0.1, 0.15) is 0 Å². The lowest BCUT2D eigenvalue weighted by atomic mass is 11.1. The highest BCUT2D eigenvalue weighted by molar-refractivity contribution is 5.07. The zero-order valence-corrected chi connectivity index (χ0v) is 7.52. The molecule has 1 aromatic rings. The Morgan fingerprint density at radius 3 is 1.81 bits per heavy atom. The highest BCUT2D eigenvalue weighted by Gasteiger charge is 2.09. The summed E-state index contributed by atoms with van der Waals surface area (Å²) in [6.07, 6.45) is 1.52. The average Bonchev–Trinajstić information content (AvgIpc) is 2.48. The minimum atomic E-state index is -1.75. The lowest BCUT2D eigenvalue weighted by Crippen LogP contribution is -2.46. The summed E-state index contributed by atoms with van der Waals surface area (Å²) in [6, 6.07) is 0. The first kappa shape index (κ1) is 15.6. The van der Waals surface area contributed by atoms with Gasteiger partial charge in [0.05, 0.1) is 10.2 Å². The average molecular weight is 240 g/mol. The van der Waals surface area contributed by atoms with Gasteiger partial charge in [-0.25, -0.2) is 11.3 Å². The van der Waals surface area contributed by atoms with E-state index in [-0.39, 0.29) is 0 Å². The summed E-state index contributed by atoms with van der Waals surface area (Å²) in [6.45, 7) is 0. The maximum absolute atomic E-state index is 8.25. The number of nitrogen functional groups attached to an aromatic ring is 2. The van der Waals surface area contributed by atoms with Gasteiger partial charge in [-0.05, 0) is 0 Å². The number of H-pyrrole nitrogens is 2. The van der Waals surface area contributed by atoms with Crippen LogP contribution in [0.2, 0.25) is 0 Å². The van der Waals surface area contributed by atoms with Gasteiger partial charge in [-0.1, -0.05) is 10.2 Å². The second-order valence-electron chi connectivity index (χ2n) is 1.75. The number of rotatable bonds is 1. The Labute approximate surface area is 86.2 Å². The number of nitrogens with zero attached hydrogens (tertiary/aromatic N) is 3. The van der Waals surface area contributed by atoms with Crippen LogP contribution >= 0.6 is 0 Å². The monoisotopic (exact) mass is 240 g/mol. The molecular formula is C2H8N8O6. The first-order valence-corrected chi connectivity index (χ1v) is 3.16. The van der Waals surface area contributed by atoms with Gasteiger partial charge in [0.15, 0.2) is 0 Å². The van der Waals surface area contributed by atoms with Crippen molar-refractivity contribution >= 4 is 5.95 Å². The zero-order valence-electron chi connectivity index (χ0n) is 7.52. The van der Waals surface area contributed by atoms with Crippen LogP contribution < -0.4 is 26.9 Å². The van der Waals surface area contributed by atoms with E-state index in [0.717, 1.165) is 0 Å². The molecule has 1 rings (SSSR count). The molecule has 0 aliphatic heterocycles. The third-order valence-electron chi connectivity index (χ3n) is 0.789. The first-order chi connectivity index (χ1) is 7.31. The van der Waals surface area contributed by atoms with Crippen LogP contribution in [0.25, 0.3) is 0 Å². The summed E-state index contributed by atoms with van der Waals surface area (Å²) < 4.78 is 1.29. The normalized spacial score (nSPS) is 7.56. The maximum Gasteiger partial charge on any atom is 0.459 e. The Balaban J connectivity index is 0. The third kappa shape index (κ3) is 13.7. The van der Waals surface area contributed by atoms with Crippen molar-refractivity contribution in [3.63, 3.8) is 0 Å². The van der Waals surface area contributed by atoms with Gasteiger partial charge in [0.2, 0.25) is 0 Å². The Kier molecular flexibility index (Phi) is 8.45. The number of hydrogen-bond donors (Lipinski definition) is 4. The van der Waals surface area contributed by atoms with Gasteiger partial charge in [0.1, 0.15) is 0 Å². The largest absolute Gasteiger partial charge is 0.459 e. The summed E-state index contributed by atoms with van der Waals surface area (Å²) >= 11 is 0. The van der Waals surface area contributed by atoms with Gasteiger partial charge in [-0.2, -0.15) is 5.84 Å². The van der Waals surface area contributed by atoms with E-state index in [1.165, 1.54) is 11.0 Å². The fraction of sp³-hybridized carbons (Fsp3) is 0. The van der Waals surface area contributed by atoms with Crippen LogP contribution in [0.4, 0.5) is 5.95 Å². The van der Waals surface area contributed by atoms with E-state index < -0.39 is 10.2 Å². The molecule has 0 radical (unpaired) electrons. The van der Waals surface area contributed by atoms with Crippen molar-refractivity contribution in [2.24, 2.45) is 5.84 Å². The lowest BCUT2D eigenvalue weighted by Gasteiger charge is -1.80. The van der Waals surface area contributed by atoms with Gasteiger partial charge >= 0.3 is 12.3 Å². The highest BCUT2D eigenvalue weighted by Crippen LogP contribution is 1.75. The number of anilines is 1. The smallest absolute Gasteiger partial charge is 0.356 e. The second-order valence-corrected chi connectivity index (χ2v) is 1.75. The van der Waals surface area contributed by atoms with Crippen LogP contribution in [-0.2, 0) is 0 Å². The van der Waals surface area contributed by atoms with Crippen LogP contribution in [-0.4, -0.2) is 15.3 Å². The predicted molar refractivity (Wildman–Crippen MR) is 46.2 cm³/mol. The maximum atomic E-state index is 8.25. The van der Waals surface area contributed by atoms with E-state index in [0.29, 0.717) is 5.95 Å². The number of hydrogen-bond acceptors (Lipinski definition) is 9. The molecule has 0 amide bonds. The molecule has 0 saturated heterocycles. The minimum Gasteiger partial charge on any atom is -0.356 e. The molecule has 7 N–H and O–H groups in total. The summed E-state index contributed by atoms with van der Waals surface area (Å²) in [5.41, 5.74) is 2.33. The second kappa shape index (κ2) is 8.69. The van der Waals surface area contributed by atoms with Gasteiger partial charge in [-0.3, -0.25) is 0 Å². The van der Waals surface area contributed by atoms with E-state index in [1.807, 2.05) is 0 Å². The summed E-state index contributed by atoms with van der Waals surface area (Å²) in [4.78, 5) is 16.5. The highest BCUT2D eigenvalue weighted by atomic mass is 16.9. The molecule has 0 aromatic carbocycles. The topological polar surface area (TPSA) is 230 Å². The van der Waals surface area contributed by atoms with Crippen molar-refractivity contribution in [1.29, 1.82) is 0 Å². The number of nitrogens with two attached hydrogens (primary N) is 2. The van der Waals surface area contributed by atoms with Crippen LogP contribution in [0.5, 0.6) is 0 Å². The fourth-order valence-corrected chi connectivity index (χ4v) is 0.410. The zero-order chi connectivity index (χ0) is 13.1. The van der Waals surface area contributed by atoms with E-state index in [4.69, 9.17) is 42.3 Å². The molecule has 0 aliphatic rings. The van der Waals surface area contributed by atoms with Crippen LogP contribution in [0.3, 0.4) is 0 Å². The van der Waals surface area contributed by atoms with Gasteiger partial charge in [0.25, 0.3) is 0 Å². The molecule has 1 heterocycles. The predicted octanol–water partition coefficient (Wildman–Crippen LogP) is -3.36. The Morgan fingerprint density at radius 1 is 1.31 bits per heavy atom. The number of aromatic amines is 2. The summed E-state index contributed by atoms with van der Waals surface area (Å²) in [5, 5.41) is 34.8. The quantitative estimate of drug-likeness (QED) is 0.166. The summed E-state index contributed by atoms with van der Waals surface area (Å²) in [7, 11) is 0. The minimum absolute atomic E-state index is 0.519. The molecular weight excluding hydrogens is 232 g/mol. The SMILES string of the molecule is NNc1[nH][nH+]c[n+]1N.O=[N+]([O-])[O-].O=[N+]([O-])[O-]. The molecule has 0 unspecified atom stereocenters. The van der Waals surface area contributed by atoms with Crippen LogP contribution in [0, 0.1) is 30.6 Å². The van der Waals surface area contributed by atoms with Gasteiger partial charge in [0, 0.05) is 4.68 Å². The molecule has 0 bridgehead atoms. The van der Waals surface area contributed by atoms with E-state index in [1.54, 1.807) is 0 Å². The van der Waals surface area contributed by atoms with E-state index in [9.17, 15) is 0 Å². The van der Waals surface area contributed by atoms with Gasteiger partial charge < -0.3 is 30.6 Å². The van der Waals surface area contributed by atoms with Crippen LogP contribution in [0.15, 0.2) is 6.33 Å². The third-order valence-corrected chi connectivity index (χ3v) is 0.789. The van der Waals surface area contributed by atoms with Crippen molar-refractivity contribution in [2.45, 2.75) is 0 Å². The molecule has 0 aliphatic carbocycles. The molecule has 16 heavy (non-hydrogen) atoms.